The summed E-state index contributed by atoms with van der Waals surface area (Å²) in [6.45, 7) is 4.06. The van der Waals surface area contributed by atoms with Crippen LogP contribution in [0.2, 0.25) is 0 Å². The van der Waals surface area contributed by atoms with Gasteiger partial charge in [0.25, 0.3) is 10.2 Å². The maximum Gasteiger partial charge on any atom is 0.282 e. The minimum absolute atomic E-state index is 0.123. The van der Waals surface area contributed by atoms with E-state index in [-0.39, 0.29) is 29.2 Å². The molecule has 3 aliphatic rings. The maximum atomic E-state index is 13.8. The summed E-state index contributed by atoms with van der Waals surface area (Å²) in [6.07, 6.45) is 3.41. The van der Waals surface area contributed by atoms with Gasteiger partial charge in [0.1, 0.15) is 5.82 Å². The zero-order chi connectivity index (χ0) is 27.6. The summed E-state index contributed by atoms with van der Waals surface area (Å²) >= 11 is 0. The number of fused-ring (bicyclic) bond motifs is 2. The Bertz CT molecular complexity index is 1670. The van der Waals surface area contributed by atoms with Gasteiger partial charge in [-0.05, 0) is 78.8 Å². The molecule has 4 aromatic rings. The van der Waals surface area contributed by atoms with E-state index >= 15 is 0 Å². The molecule has 0 N–H and O–H groups in total. The second kappa shape index (κ2) is 9.48. The monoisotopic (exact) mass is 560 g/mol. The molecule has 0 spiro atoms. The summed E-state index contributed by atoms with van der Waals surface area (Å²) in [6, 6.07) is 21.1. The fourth-order valence-electron chi connectivity index (χ4n) is 7.33. The molecular weight excluding hydrogens is 527 g/mol. The topological polar surface area (TPSA) is 67.7 Å². The summed E-state index contributed by atoms with van der Waals surface area (Å²) in [4.78, 5) is 0. The average Bonchev–Trinajstić information content (AvgIpc) is 3.23. The van der Waals surface area contributed by atoms with Crippen LogP contribution in [0, 0.1) is 18.7 Å². The van der Waals surface area contributed by atoms with Gasteiger partial charge in [-0.2, -0.15) is 22.1 Å². The molecule has 1 aromatic heterocycles. The zero-order valence-corrected chi connectivity index (χ0v) is 23.5. The van der Waals surface area contributed by atoms with E-state index in [0.717, 1.165) is 35.0 Å². The number of aryl methyl sites for hydroxylation is 1. The number of ether oxygens (including phenoxy) is 1. The summed E-state index contributed by atoms with van der Waals surface area (Å²) in [5.74, 6) is 0.167. The first-order valence-corrected chi connectivity index (χ1v) is 15.3. The van der Waals surface area contributed by atoms with E-state index in [1.54, 1.807) is 27.9 Å². The van der Waals surface area contributed by atoms with Crippen LogP contribution in [-0.4, -0.2) is 66.2 Å². The van der Waals surface area contributed by atoms with Gasteiger partial charge in [0, 0.05) is 50.0 Å². The maximum absolute atomic E-state index is 13.8. The Morgan fingerprint density at radius 3 is 2.42 bits per heavy atom. The van der Waals surface area contributed by atoms with Gasteiger partial charge in [-0.25, -0.2) is 9.07 Å². The molecular formula is C31H33FN4O3S. The van der Waals surface area contributed by atoms with Crippen LogP contribution in [-0.2, 0) is 20.4 Å². The Hall–Kier alpha value is -3.11. The number of piperidine rings is 2. The van der Waals surface area contributed by atoms with Crippen LogP contribution in [0.1, 0.15) is 35.4 Å². The second-order valence-corrected chi connectivity index (χ2v) is 13.4. The molecule has 0 bridgehead atoms. The highest BCUT2D eigenvalue weighted by Gasteiger charge is 2.71. The summed E-state index contributed by atoms with van der Waals surface area (Å²) in [5.41, 5.74) is 5.00. The fraction of sp³-hybridized carbons (Fsp3) is 0.387. The molecule has 0 amide bonds. The highest BCUT2D eigenvalue weighted by atomic mass is 32.2. The van der Waals surface area contributed by atoms with Crippen molar-refractivity contribution in [1.29, 1.82) is 0 Å². The predicted octanol–water partition coefficient (Wildman–Crippen LogP) is 4.80. The number of hydrogen-bond donors (Lipinski definition) is 0. The lowest BCUT2D eigenvalue weighted by Crippen LogP contribution is -2.48. The van der Waals surface area contributed by atoms with E-state index in [4.69, 9.17) is 4.74 Å². The van der Waals surface area contributed by atoms with Gasteiger partial charge in [-0.15, -0.1) is 0 Å². The summed E-state index contributed by atoms with van der Waals surface area (Å²) in [7, 11) is -1.88. The normalized spacial score (nSPS) is 25.9. The third-order valence-electron chi connectivity index (χ3n) is 9.38. The van der Waals surface area contributed by atoms with Crippen LogP contribution in [0.15, 0.2) is 72.9 Å². The molecule has 7 nitrogen and oxygen atoms in total. The van der Waals surface area contributed by atoms with Gasteiger partial charge < -0.3 is 4.74 Å². The molecule has 2 aliphatic heterocycles. The van der Waals surface area contributed by atoms with Gasteiger partial charge in [0.15, 0.2) is 0 Å². The third-order valence-corrected chi connectivity index (χ3v) is 11.3. The first-order chi connectivity index (χ1) is 19.3. The smallest absolute Gasteiger partial charge is 0.282 e. The Morgan fingerprint density at radius 2 is 1.73 bits per heavy atom. The number of benzene rings is 3. The lowest BCUT2D eigenvalue weighted by Gasteiger charge is -2.34. The van der Waals surface area contributed by atoms with Crippen molar-refractivity contribution >= 4 is 21.1 Å². The number of hydrogen-bond acceptors (Lipinski definition) is 4. The van der Waals surface area contributed by atoms with Crippen molar-refractivity contribution in [3.63, 3.8) is 0 Å². The standard InChI is InChI=1S/C31H33FN4O3S/c1-21-16-29-23(18-33-36(29)25-10-8-24(32)9-11-25)17-27(21)31-20-35(19-28(31)30(31)22-6-4-3-5-7-22)40(37,38)34-14-12-26(39-2)13-15-34/h3-11,16-18,26,28,30H,12-15,19-20H2,1-2H3/t28-,30-,31+/m1/s1. The first-order valence-electron chi connectivity index (χ1n) is 13.9. The van der Waals surface area contributed by atoms with Crippen molar-refractivity contribution in [1.82, 2.24) is 18.4 Å². The molecule has 9 heteroatoms. The Labute approximate surface area is 234 Å². The highest BCUT2D eigenvalue weighted by molar-refractivity contribution is 7.86. The Kier molecular flexibility index (Phi) is 6.12. The van der Waals surface area contributed by atoms with Crippen molar-refractivity contribution in [2.75, 3.05) is 33.3 Å². The van der Waals surface area contributed by atoms with Gasteiger partial charge in [-0.3, -0.25) is 0 Å². The van der Waals surface area contributed by atoms with Crippen LogP contribution in [0.5, 0.6) is 0 Å². The summed E-state index contributed by atoms with van der Waals surface area (Å²) in [5, 5.41) is 5.60. The van der Waals surface area contributed by atoms with E-state index in [0.29, 0.717) is 26.2 Å². The molecule has 1 aliphatic carbocycles. The van der Waals surface area contributed by atoms with Crippen LogP contribution in [0.4, 0.5) is 4.39 Å². The van der Waals surface area contributed by atoms with Crippen LogP contribution >= 0.6 is 0 Å². The highest BCUT2D eigenvalue weighted by Crippen LogP contribution is 2.70. The SMILES string of the molecule is COC1CCN(S(=O)(=O)N2C[C@@H]3[C@@H](c4ccccc4)[C@]3(c3cc4cnn(-c5ccc(F)cc5)c4cc3C)C2)CC1. The number of rotatable bonds is 6. The van der Waals surface area contributed by atoms with Crippen molar-refractivity contribution in [2.24, 2.45) is 5.92 Å². The Balaban J connectivity index is 1.26. The van der Waals surface area contributed by atoms with Gasteiger partial charge >= 0.3 is 0 Å². The first kappa shape index (κ1) is 25.8. The van der Waals surface area contributed by atoms with Crippen LogP contribution in [0.25, 0.3) is 16.6 Å². The largest absolute Gasteiger partial charge is 0.381 e. The Morgan fingerprint density at radius 1 is 1.00 bits per heavy atom. The van der Waals surface area contributed by atoms with Crippen molar-refractivity contribution in [2.45, 2.75) is 37.2 Å². The number of aromatic nitrogens is 2. The molecule has 3 heterocycles. The second-order valence-electron chi connectivity index (χ2n) is 11.4. The molecule has 2 saturated heterocycles. The molecule has 0 unspecified atom stereocenters. The van der Waals surface area contributed by atoms with Crippen molar-refractivity contribution < 1.29 is 17.5 Å². The quantitative estimate of drug-likeness (QED) is 0.340. The van der Waals surface area contributed by atoms with Crippen LogP contribution < -0.4 is 0 Å². The molecule has 3 fully saturated rings. The molecule has 7 rings (SSSR count). The third kappa shape index (κ3) is 3.94. The minimum atomic E-state index is -3.57. The molecule has 3 atom stereocenters. The van der Waals surface area contributed by atoms with E-state index in [1.807, 2.05) is 16.9 Å². The van der Waals surface area contributed by atoms with E-state index in [2.05, 4.69) is 48.4 Å². The van der Waals surface area contributed by atoms with Crippen molar-refractivity contribution in [3.05, 3.63) is 95.4 Å². The van der Waals surface area contributed by atoms with Crippen molar-refractivity contribution in [3.8, 4) is 5.69 Å². The lowest BCUT2D eigenvalue weighted by molar-refractivity contribution is 0.0591. The van der Waals surface area contributed by atoms with E-state index in [9.17, 15) is 12.8 Å². The lowest BCUT2D eigenvalue weighted by atomic mass is 9.87. The molecule has 3 aromatic carbocycles. The number of nitrogens with zero attached hydrogens (tertiary/aromatic N) is 4. The fourth-order valence-corrected chi connectivity index (χ4v) is 9.05. The molecule has 1 saturated carbocycles. The van der Waals surface area contributed by atoms with E-state index in [1.165, 1.54) is 23.3 Å². The van der Waals surface area contributed by atoms with Gasteiger partial charge in [-0.1, -0.05) is 30.3 Å². The summed E-state index contributed by atoms with van der Waals surface area (Å²) < 4.78 is 51.8. The zero-order valence-electron chi connectivity index (χ0n) is 22.7. The average molecular weight is 561 g/mol. The number of halogens is 1. The minimum Gasteiger partial charge on any atom is -0.381 e. The predicted molar refractivity (Wildman–Crippen MR) is 152 cm³/mol. The molecule has 208 valence electrons. The number of methoxy groups -OCH3 is 1. The van der Waals surface area contributed by atoms with E-state index < -0.39 is 10.2 Å². The molecule has 0 radical (unpaired) electrons. The van der Waals surface area contributed by atoms with Crippen LogP contribution in [0.3, 0.4) is 0 Å². The van der Waals surface area contributed by atoms with Gasteiger partial charge in [0.05, 0.1) is 23.5 Å². The van der Waals surface area contributed by atoms with Gasteiger partial charge in [0.2, 0.25) is 0 Å². The molecule has 40 heavy (non-hydrogen) atoms.